The summed E-state index contributed by atoms with van der Waals surface area (Å²) in [6.45, 7) is 2.67. The van der Waals surface area contributed by atoms with Crippen molar-refractivity contribution in [3.8, 4) is 0 Å². The van der Waals surface area contributed by atoms with Crippen LogP contribution in [0.3, 0.4) is 0 Å². The van der Waals surface area contributed by atoms with Crippen molar-refractivity contribution in [1.82, 2.24) is 10.3 Å². The van der Waals surface area contributed by atoms with Crippen molar-refractivity contribution >= 4 is 16.8 Å². The molecule has 0 spiro atoms. The number of rotatable bonds is 8. The molecule has 1 aromatic heterocycles. The SMILES string of the molecule is CCCCCNC(=O)C[C@H](c1cccc(C(F)(F)F)c1)c1c[nH]c2ccccc12. The lowest BCUT2D eigenvalue weighted by Crippen LogP contribution is -2.26. The first-order valence-corrected chi connectivity index (χ1v) is 9.90. The summed E-state index contributed by atoms with van der Waals surface area (Å²) in [7, 11) is 0. The van der Waals surface area contributed by atoms with Crippen LogP contribution in [0.25, 0.3) is 10.9 Å². The lowest BCUT2D eigenvalue weighted by atomic mass is 9.87. The maximum atomic E-state index is 13.2. The van der Waals surface area contributed by atoms with E-state index in [0.29, 0.717) is 12.1 Å². The van der Waals surface area contributed by atoms with Gasteiger partial charge in [0, 0.05) is 36.0 Å². The van der Waals surface area contributed by atoms with Crippen LogP contribution in [0.2, 0.25) is 0 Å². The van der Waals surface area contributed by atoms with Crippen LogP contribution >= 0.6 is 0 Å². The third-order valence-electron chi connectivity index (χ3n) is 5.10. The van der Waals surface area contributed by atoms with Gasteiger partial charge >= 0.3 is 6.18 Å². The molecule has 0 unspecified atom stereocenters. The zero-order valence-electron chi connectivity index (χ0n) is 16.4. The predicted octanol–water partition coefficient (Wildman–Crippen LogP) is 6.02. The van der Waals surface area contributed by atoms with Gasteiger partial charge in [0.2, 0.25) is 5.91 Å². The fourth-order valence-electron chi connectivity index (χ4n) is 3.58. The van der Waals surface area contributed by atoms with E-state index in [1.807, 2.05) is 24.3 Å². The molecule has 2 aromatic carbocycles. The summed E-state index contributed by atoms with van der Waals surface area (Å²) >= 11 is 0. The summed E-state index contributed by atoms with van der Waals surface area (Å²) in [5.41, 5.74) is 1.49. The van der Waals surface area contributed by atoms with Crippen LogP contribution in [0.4, 0.5) is 13.2 Å². The van der Waals surface area contributed by atoms with Gasteiger partial charge in [-0.25, -0.2) is 0 Å². The van der Waals surface area contributed by atoms with Gasteiger partial charge in [-0.05, 0) is 29.7 Å². The number of para-hydroxylation sites is 1. The van der Waals surface area contributed by atoms with E-state index in [1.165, 1.54) is 6.07 Å². The molecule has 0 saturated heterocycles. The highest BCUT2D eigenvalue weighted by molar-refractivity contribution is 5.86. The van der Waals surface area contributed by atoms with E-state index in [1.54, 1.807) is 12.3 Å². The van der Waals surface area contributed by atoms with E-state index in [9.17, 15) is 18.0 Å². The number of carbonyl (C=O) groups is 1. The van der Waals surface area contributed by atoms with Gasteiger partial charge in [-0.3, -0.25) is 4.79 Å². The number of fused-ring (bicyclic) bond motifs is 1. The Morgan fingerprint density at radius 2 is 1.90 bits per heavy atom. The highest BCUT2D eigenvalue weighted by Crippen LogP contribution is 2.36. The number of nitrogens with one attached hydrogen (secondary N) is 2. The van der Waals surface area contributed by atoms with E-state index in [-0.39, 0.29) is 12.3 Å². The number of hydrogen-bond donors (Lipinski definition) is 2. The average Bonchev–Trinajstić information content (AvgIpc) is 3.13. The van der Waals surface area contributed by atoms with Gasteiger partial charge in [-0.2, -0.15) is 13.2 Å². The van der Waals surface area contributed by atoms with Crippen LogP contribution in [-0.4, -0.2) is 17.4 Å². The number of H-pyrrole nitrogens is 1. The van der Waals surface area contributed by atoms with Gasteiger partial charge in [-0.1, -0.05) is 56.2 Å². The van der Waals surface area contributed by atoms with Gasteiger partial charge in [0.15, 0.2) is 0 Å². The summed E-state index contributed by atoms with van der Waals surface area (Å²) in [6.07, 6.45) is 0.430. The molecule has 29 heavy (non-hydrogen) atoms. The van der Waals surface area contributed by atoms with E-state index in [4.69, 9.17) is 0 Å². The second-order valence-corrected chi connectivity index (χ2v) is 7.23. The van der Waals surface area contributed by atoms with Gasteiger partial charge in [0.05, 0.1) is 5.56 Å². The molecule has 0 aliphatic carbocycles. The van der Waals surface area contributed by atoms with E-state index < -0.39 is 17.7 Å². The molecule has 0 saturated carbocycles. The maximum Gasteiger partial charge on any atom is 0.416 e. The fourth-order valence-corrected chi connectivity index (χ4v) is 3.58. The number of alkyl halides is 3. The van der Waals surface area contributed by atoms with Crippen LogP contribution in [0, 0.1) is 0 Å². The number of aromatic amines is 1. The minimum absolute atomic E-state index is 0.0925. The zero-order chi connectivity index (χ0) is 20.9. The van der Waals surface area contributed by atoms with Gasteiger partial charge < -0.3 is 10.3 Å². The lowest BCUT2D eigenvalue weighted by molar-refractivity contribution is -0.137. The van der Waals surface area contributed by atoms with Crippen LogP contribution in [0.1, 0.15) is 55.2 Å². The zero-order valence-corrected chi connectivity index (χ0v) is 16.4. The third kappa shape index (κ3) is 5.19. The Labute approximate surface area is 168 Å². The molecule has 3 nitrogen and oxygen atoms in total. The molecule has 154 valence electrons. The first-order chi connectivity index (χ1) is 13.9. The monoisotopic (exact) mass is 402 g/mol. The first-order valence-electron chi connectivity index (χ1n) is 9.90. The number of carbonyl (C=O) groups excluding carboxylic acids is 1. The van der Waals surface area contributed by atoms with Crippen LogP contribution in [0.5, 0.6) is 0 Å². The summed E-state index contributed by atoms with van der Waals surface area (Å²) in [6, 6.07) is 12.9. The Morgan fingerprint density at radius 3 is 2.66 bits per heavy atom. The van der Waals surface area contributed by atoms with Crippen molar-refractivity contribution in [1.29, 1.82) is 0 Å². The molecule has 2 N–H and O–H groups in total. The molecule has 0 fully saturated rings. The van der Waals surface area contributed by atoms with E-state index >= 15 is 0 Å². The lowest BCUT2D eigenvalue weighted by Gasteiger charge is -2.19. The van der Waals surface area contributed by atoms with Gasteiger partial charge in [0.25, 0.3) is 0 Å². The molecule has 3 aromatic rings. The molecular formula is C23H25F3N2O. The molecule has 1 heterocycles. The Kier molecular flexibility index (Phi) is 6.62. The number of benzene rings is 2. The molecule has 1 atom stereocenters. The van der Waals surface area contributed by atoms with Crippen LogP contribution in [-0.2, 0) is 11.0 Å². The number of halogens is 3. The minimum atomic E-state index is -4.43. The van der Waals surface area contributed by atoms with Crippen LogP contribution < -0.4 is 5.32 Å². The minimum Gasteiger partial charge on any atom is -0.361 e. The van der Waals surface area contributed by atoms with Crippen molar-refractivity contribution in [3.05, 3.63) is 71.4 Å². The highest BCUT2D eigenvalue weighted by Gasteiger charge is 2.31. The van der Waals surface area contributed by atoms with E-state index in [2.05, 4.69) is 17.2 Å². The number of hydrogen-bond acceptors (Lipinski definition) is 1. The molecule has 0 aliphatic rings. The summed E-state index contributed by atoms with van der Waals surface area (Å²) in [5, 5.41) is 3.81. The van der Waals surface area contributed by atoms with Crippen LogP contribution in [0.15, 0.2) is 54.7 Å². The standard InChI is InChI=1S/C23H25F3N2O/c1-2-3-6-12-27-22(29)14-19(16-8-7-9-17(13-16)23(24,25)26)20-15-28-21-11-5-4-10-18(20)21/h4-5,7-11,13,15,19,28H,2-3,6,12,14H2,1H3,(H,27,29)/t19-/m1/s1. The highest BCUT2D eigenvalue weighted by atomic mass is 19.4. The Bertz CT molecular complexity index is 962. The Balaban J connectivity index is 1.93. The molecule has 6 heteroatoms. The summed E-state index contributed by atoms with van der Waals surface area (Å²) in [4.78, 5) is 15.7. The number of amides is 1. The second kappa shape index (κ2) is 9.16. The normalized spacial score (nSPS) is 12.8. The summed E-state index contributed by atoms with van der Waals surface area (Å²) < 4.78 is 39.7. The molecule has 1 amide bonds. The largest absolute Gasteiger partial charge is 0.416 e. The first kappa shape index (κ1) is 21.0. The van der Waals surface area contributed by atoms with Gasteiger partial charge in [-0.15, -0.1) is 0 Å². The van der Waals surface area contributed by atoms with Crippen molar-refractivity contribution in [2.75, 3.05) is 6.54 Å². The molecule has 0 bridgehead atoms. The van der Waals surface area contributed by atoms with Crippen molar-refractivity contribution < 1.29 is 18.0 Å². The van der Waals surface area contributed by atoms with Gasteiger partial charge in [0.1, 0.15) is 0 Å². The molecule has 0 radical (unpaired) electrons. The predicted molar refractivity (Wildman–Crippen MR) is 109 cm³/mol. The van der Waals surface area contributed by atoms with Crippen molar-refractivity contribution in [2.24, 2.45) is 0 Å². The Hall–Kier alpha value is -2.76. The van der Waals surface area contributed by atoms with Crippen molar-refractivity contribution in [3.63, 3.8) is 0 Å². The second-order valence-electron chi connectivity index (χ2n) is 7.23. The van der Waals surface area contributed by atoms with Crippen molar-refractivity contribution in [2.45, 2.75) is 44.7 Å². The topological polar surface area (TPSA) is 44.9 Å². The summed E-state index contributed by atoms with van der Waals surface area (Å²) in [5.74, 6) is -0.631. The maximum absolute atomic E-state index is 13.2. The van der Waals surface area contributed by atoms with E-state index in [0.717, 1.165) is 47.9 Å². The third-order valence-corrected chi connectivity index (χ3v) is 5.10. The average molecular weight is 402 g/mol. The molecule has 0 aliphatic heterocycles. The smallest absolute Gasteiger partial charge is 0.361 e. The number of unbranched alkanes of at least 4 members (excludes halogenated alkanes) is 2. The quantitative estimate of drug-likeness (QED) is 0.445. The number of aromatic nitrogens is 1. The molecule has 3 rings (SSSR count). The fraction of sp³-hybridized carbons (Fsp3) is 0.348. The Morgan fingerprint density at radius 1 is 1.10 bits per heavy atom. The molecular weight excluding hydrogens is 377 g/mol.